The molecule has 0 saturated heterocycles. The lowest BCUT2D eigenvalue weighted by Gasteiger charge is -2.14. The fraction of sp³-hybridized carbons (Fsp3) is 0.125. The van der Waals surface area contributed by atoms with Crippen molar-refractivity contribution in [2.75, 3.05) is 0 Å². The van der Waals surface area contributed by atoms with Crippen molar-refractivity contribution in [1.82, 2.24) is 9.97 Å². The van der Waals surface area contributed by atoms with Gasteiger partial charge in [0.05, 0.1) is 11.0 Å². The minimum atomic E-state index is -0.114. The van der Waals surface area contributed by atoms with Gasteiger partial charge in [-0.3, -0.25) is 9.97 Å². The molecule has 0 fully saturated rings. The lowest BCUT2D eigenvalue weighted by Crippen LogP contribution is -2.14. The van der Waals surface area contributed by atoms with Crippen molar-refractivity contribution < 1.29 is 0 Å². The maximum atomic E-state index is 6.33. The largest absolute Gasteiger partial charge is 0.324 e. The van der Waals surface area contributed by atoms with Crippen molar-refractivity contribution in [2.24, 2.45) is 5.73 Å². The summed E-state index contributed by atoms with van der Waals surface area (Å²) in [6, 6.07) is 13.6. The molecule has 2 aromatic carbocycles. The minimum Gasteiger partial charge on any atom is -0.324 e. The van der Waals surface area contributed by atoms with Gasteiger partial charge in [-0.05, 0) is 35.7 Å². The number of nitrogens with two attached hydrogens (primary N) is 1. The van der Waals surface area contributed by atoms with E-state index in [0.29, 0.717) is 0 Å². The first-order chi connectivity index (χ1) is 9.74. The van der Waals surface area contributed by atoms with Crippen LogP contribution in [0.2, 0.25) is 5.02 Å². The third-order valence-corrected chi connectivity index (χ3v) is 3.55. The van der Waals surface area contributed by atoms with Gasteiger partial charge in [-0.2, -0.15) is 0 Å². The molecule has 1 unspecified atom stereocenters. The highest BCUT2D eigenvalue weighted by Gasteiger charge is 2.11. The van der Waals surface area contributed by atoms with E-state index < -0.39 is 0 Å². The van der Waals surface area contributed by atoms with Gasteiger partial charge in [-0.1, -0.05) is 35.9 Å². The van der Waals surface area contributed by atoms with Crippen LogP contribution in [0.3, 0.4) is 0 Å². The third kappa shape index (κ3) is 2.64. The van der Waals surface area contributed by atoms with Gasteiger partial charge < -0.3 is 5.73 Å². The van der Waals surface area contributed by atoms with Crippen LogP contribution in [0, 0.1) is 0 Å². The van der Waals surface area contributed by atoms with Gasteiger partial charge in [0.1, 0.15) is 0 Å². The first-order valence-corrected chi connectivity index (χ1v) is 6.81. The number of halogens is 1. The summed E-state index contributed by atoms with van der Waals surface area (Å²) >= 11 is 5.89. The molecule has 1 aromatic heterocycles. The molecule has 0 bridgehead atoms. The van der Waals surface area contributed by atoms with Crippen molar-refractivity contribution in [2.45, 2.75) is 12.5 Å². The number of fused-ring (bicyclic) bond motifs is 1. The Hall–Kier alpha value is -1.97. The van der Waals surface area contributed by atoms with Crippen molar-refractivity contribution in [3.8, 4) is 0 Å². The molecule has 1 heterocycles. The second-order valence-electron chi connectivity index (χ2n) is 4.71. The predicted molar refractivity (Wildman–Crippen MR) is 81.6 cm³/mol. The van der Waals surface area contributed by atoms with Crippen molar-refractivity contribution in [1.29, 1.82) is 0 Å². The van der Waals surface area contributed by atoms with E-state index >= 15 is 0 Å². The zero-order chi connectivity index (χ0) is 13.9. The monoisotopic (exact) mass is 283 g/mol. The number of rotatable bonds is 3. The molecule has 4 heteroatoms. The number of hydrogen-bond acceptors (Lipinski definition) is 3. The van der Waals surface area contributed by atoms with Crippen LogP contribution >= 0.6 is 11.6 Å². The molecule has 3 rings (SSSR count). The topological polar surface area (TPSA) is 51.8 Å². The fourth-order valence-corrected chi connectivity index (χ4v) is 2.42. The lowest BCUT2D eigenvalue weighted by atomic mass is 9.98. The van der Waals surface area contributed by atoms with Gasteiger partial charge in [-0.15, -0.1) is 0 Å². The zero-order valence-corrected chi connectivity index (χ0v) is 11.6. The quantitative estimate of drug-likeness (QED) is 0.800. The van der Waals surface area contributed by atoms with Crippen molar-refractivity contribution >= 4 is 22.6 Å². The summed E-state index contributed by atoms with van der Waals surface area (Å²) in [4.78, 5) is 8.70. The third-order valence-electron chi connectivity index (χ3n) is 3.30. The van der Waals surface area contributed by atoms with Crippen molar-refractivity contribution in [3.05, 3.63) is 71.0 Å². The summed E-state index contributed by atoms with van der Waals surface area (Å²) in [5, 5.41) is 0.735. The standard InChI is InChI=1S/C16H14ClN3/c17-12-6-4-11(5-7-12)10-14(18)13-2-1-3-15-16(13)20-9-8-19-15/h1-9,14H,10,18H2. The second kappa shape index (κ2) is 5.57. The Kier molecular flexibility index (Phi) is 3.63. The molecule has 0 aliphatic rings. The normalized spacial score (nSPS) is 12.5. The Balaban J connectivity index is 1.92. The van der Waals surface area contributed by atoms with Gasteiger partial charge in [0.2, 0.25) is 0 Å². The Morgan fingerprint density at radius 2 is 1.75 bits per heavy atom. The molecule has 2 N–H and O–H groups in total. The molecule has 0 saturated carbocycles. The summed E-state index contributed by atoms with van der Waals surface area (Å²) < 4.78 is 0. The van der Waals surface area contributed by atoms with Crippen LogP contribution in [0.5, 0.6) is 0 Å². The highest BCUT2D eigenvalue weighted by atomic mass is 35.5. The van der Waals surface area contributed by atoms with E-state index in [1.807, 2.05) is 42.5 Å². The first kappa shape index (κ1) is 13.0. The van der Waals surface area contributed by atoms with Crippen LogP contribution in [0.25, 0.3) is 11.0 Å². The van der Waals surface area contributed by atoms with Crippen LogP contribution in [0.1, 0.15) is 17.2 Å². The fourth-order valence-electron chi connectivity index (χ4n) is 2.30. The molecule has 0 aliphatic heterocycles. The molecule has 0 aliphatic carbocycles. The summed E-state index contributed by atoms with van der Waals surface area (Å²) in [6.45, 7) is 0. The van der Waals surface area contributed by atoms with Crippen LogP contribution in [0.4, 0.5) is 0 Å². The van der Waals surface area contributed by atoms with Crippen LogP contribution in [-0.2, 0) is 6.42 Å². The maximum absolute atomic E-state index is 6.33. The second-order valence-corrected chi connectivity index (χ2v) is 5.14. The molecule has 0 radical (unpaired) electrons. The van der Waals surface area contributed by atoms with Crippen molar-refractivity contribution in [3.63, 3.8) is 0 Å². The molecule has 0 amide bonds. The predicted octanol–water partition coefficient (Wildman–Crippen LogP) is 3.53. The van der Waals surface area contributed by atoms with E-state index in [9.17, 15) is 0 Å². The number of benzene rings is 2. The molecule has 3 aromatic rings. The number of hydrogen-bond donors (Lipinski definition) is 1. The molecular weight excluding hydrogens is 270 g/mol. The summed E-state index contributed by atoms with van der Waals surface area (Å²) in [7, 11) is 0. The van der Waals surface area contributed by atoms with E-state index in [-0.39, 0.29) is 6.04 Å². The van der Waals surface area contributed by atoms with E-state index in [1.165, 1.54) is 0 Å². The summed E-state index contributed by atoms with van der Waals surface area (Å²) in [6.07, 6.45) is 4.13. The molecule has 1 atom stereocenters. The highest BCUT2D eigenvalue weighted by Crippen LogP contribution is 2.23. The Morgan fingerprint density at radius 1 is 1.00 bits per heavy atom. The average Bonchev–Trinajstić information content (AvgIpc) is 2.49. The lowest BCUT2D eigenvalue weighted by molar-refractivity contribution is 0.726. The van der Waals surface area contributed by atoms with E-state index in [4.69, 9.17) is 17.3 Å². The molecule has 0 spiro atoms. The minimum absolute atomic E-state index is 0.114. The first-order valence-electron chi connectivity index (χ1n) is 6.44. The SMILES string of the molecule is NC(Cc1ccc(Cl)cc1)c1cccc2nccnc12. The molecular formula is C16H14ClN3. The van der Waals surface area contributed by atoms with E-state index in [2.05, 4.69) is 9.97 Å². The Labute approximate surface area is 122 Å². The summed E-state index contributed by atoms with van der Waals surface area (Å²) in [5.74, 6) is 0. The molecule has 3 nitrogen and oxygen atoms in total. The van der Waals surface area contributed by atoms with Gasteiger partial charge >= 0.3 is 0 Å². The summed E-state index contributed by atoms with van der Waals surface area (Å²) in [5.41, 5.74) is 10.2. The number of para-hydroxylation sites is 1. The van der Waals surface area contributed by atoms with E-state index in [1.54, 1.807) is 12.4 Å². The van der Waals surface area contributed by atoms with E-state index in [0.717, 1.165) is 33.6 Å². The van der Waals surface area contributed by atoms with Gasteiger partial charge in [0.25, 0.3) is 0 Å². The Bertz CT molecular complexity index is 720. The Morgan fingerprint density at radius 3 is 2.55 bits per heavy atom. The smallest absolute Gasteiger partial charge is 0.0934 e. The van der Waals surface area contributed by atoms with Gasteiger partial charge in [0, 0.05) is 23.5 Å². The van der Waals surface area contributed by atoms with Crippen LogP contribution in [-0.4, -0.2) is 9.97 Å². The highest BCUT2D eigenvalue weighted by molar-refractivity contribution is 6.30. The van der Waals surface area contributed by atoms with Crippen LogP contribution in [0.15, 0.2) is 54.9 Å². The average molecular weight is 284 g/mol. The number of nitrogens with zero attached hydrogens (tertiary/aromatic N) is 2. The van der Waals surface area contributed by atoms with Gasteiger partial charge in [-0.25, -0.2) is 0 Å². The molecule has 20 heavy (non-hydrogen) atoms. The van der Waals surface area contributed by atoms with Crippen LogP contribution < -0.4 is 5.73 Å². The number of aromatic nitrogens is 2. The zero-order valence-electron chi connectivity index (χ0n) is 10.8. The van der Waals surface area contributed by atoms with Gasteiger partial charge in [0.15, 0.2) is 0 Å². The maximum Gasteiger partial charge on any atom is 0.0934 e. The molecule has 100 valence electrons.